The molecule has 3 rings (SSSR count). The molecule has 3 unspecified atom stereocenters. The van der Waals surface area contributed by atoms with Gasteiger partial charge in [0.15, 0.2) is 5.76 Å². The smallest absolute Gasteiger partial charge is 0.164 e. The lowest BCUT2D eigenvalue weighted by atomic mass is 9.95. The van der Waals surface area contributed by atoms with E-state index in [0.29, 0.717) is 18.6 Å². The van der Waals surface area contributed by atoms with Crippen LogP contribution in [0.5, 0.6) is 0 Å². The van der Waals surface area contributed by atoms with Gasteiger partial charge in [0, 0.05) is 17.9 Å². The molecule has 3 heteroatoms. The first-order chi connectivity index (χ1) is 9.63. The highest BCUT2D eigenvalue weighted by molar-refractivity contribution is 5.39. The third-order valence-corrected chi connectivity index (χ3v) is 3.84. The largest absolute Gasteiger partial charge is 0.493 e. The van der Waals surface area contributed by atoms with Gasteiger partial charge in [-0.2, -0.15) is 0 Å². The Kier molecular flexibility index (Phi) is 3.70. The zero-order chi connectivity index (χ0) is 14.1. The minimum Gasteiger partial charge on any atom is -0.493 e. The predicted molar refractivity (Wildman–Crippen MR) is 78.0 cm³/mol. The maximum absolute atomic E-state index is 6.03. The molecule has 2 aliphatic heterocycles. The third kappa shape index (κ3) is 2.68. The van der Waals surface area contributed by atoms with E-state index in [2.05, 4.69) is 24.8 Å². The number of rotatable bonds is 5. The fourth-order valence-corrected chi connectivity index (χ4v) is 2.89. The van der Waals surface area contributed by atoms with Gasteiger partial charge in [-0.05, 0) is 20.3 Å². The van der Waals surface area contributed by atoms with Crippen molar-refractivity contribution in [3.63, 3.8) is 0 Å². The Morgan fingerprint density at radius 1 is 1.40 bits per heavy atom. The molecule has 0 N–H and O–H groups in total. The summed E-state index contributed by atoms with van der Waals surface area (Å²) in [5.41, 5.74) is 0.893. The summed E-state index contributed by atoms with van der Waals surface area (Å²) in [5.74, 6) is 2.16. The van der Waals surface area contributed by atoms with Crippen molar-refractivity contribution >= 4 is 0 Å². The topological polar surface area (TPSA) is 27.7 Å². The molecule has 0 aromatic rings. The molecule has 108 valence electrons. The van der Waals surface area contributed by atoms with Gasteiger partial charge in [-0.3, -0.25) is 0 Å². The molecule has 3 nitrogen and oxygen atoms in total. The van der Waals surface area contributed by atoms with E-state index in [9.17, 15) is 0 Å². The van der Waals surface area contributed by atoms with E-state index in [1.807, 2.05) is 19.9 Å². The maximum Gasteiger partial charge on any atom is 0.164 e. The van der Waals surface area contributed by atoms with Gasteiger partial charge < -0.3 is 14.2 Å². The molecule has 3 atom stereocenters. The molecule has 2 bridgehead atoms. The first-order valence-electron chi connectivity index (χ1n) is 7.35. The van der Waals surface area contributed by atoms with Crippen molar-refractivity contribution in [3.05, 3.63) is 48.0 Å². The second kappa shape index (κ2) is 5.49. The van der Waals surface area contributed by atoms with Gasteiger partial charge in [0.2, 0.25) is 0 Å². The van der Waals surface area contributed by atoms with Crippen molar-refractivity contribution in [1.82, 2.24) is 0 Å². The van der Waals surface area contributed by atoms with Crippen LogP contribution >= 0.6 is 0 Å². The number of fused-ring (bicyclic) bond motifs is 2. The van der Waals surface area contributed by atoms with E-state index in [-0.39, 0.29) is 12.2 Å². The molecule has 0 aromatic heterocycles. The van der Waals surface area contributed by atoms with Crippen molar-refractivity contribution in [2.24, 2.45) is 5.92 Å². The predicted octanol–water partition coefficient (Wildman–Crippen LogP) is 3.50. The van der Waals surface area contributed by atoms with Gasteiger partial charge in [-0.1, -0.05) is 30.9 Å². The fourth-order valence-electron chi connectivity index (χ4n) is 2.89. The van der Waals surface area contributed by atoms with Gasteiger partial charge in [0.1, 0.15) is 5.76 Å². The molecule has 2 heterocycles. The van der Waals surface area contributed by atoms with Crippen molar-refractivity contribution in [3.8, 4) is 0 Å². The number of hydrogen-bond donors (Lipinski definition) is 0. The van der Waals surface area contributed by atoms with Crippen LogP contribution in [0, 0.1) is 5.92 Å². The Hall–Kier alpha value is -1.48. The molecule has 1 saturated heterocycles. The summed E-state index contributed by atoms with van der Waals surface area (Å²) < 4.78 is 17.7. The van der Waals surface area contributed by atoms with E-state index in [1.165, 1.54) is 0 Å². The molecule has 20 heavy (non-hydrogen) atoms. The van der Waals surface area contributed by atoms with Crippen LogP contribution < -0.4 is 0 Å². The van der Waals surface area contributed by atoms with Crippen LogP contribution in [0.2, 0.25) is 0 Å². The third-order valence-electron chi connectivity index (χ3n) is 3.84. The zero-order valence-corrected chi connectivity index (χ0v) is 12.2. The summed E-state index contributed by atoms with van der Waals surface area (Å²) in [7, 11) is 0. The van der Waals surface area contributed by atoms with Gasteiger partial charge in [0.25, 0.3) is 0 Å². The van der Waals surface area contributed by atoms with E-state index < -0.39 is 0 Å². The summed E-state index contributed by atoms with van der Waals surface area (Å²) in [6.07, 6.45) is 10.9. The Balaban J connectivity index is 1.64. The lowest BCUT2D eigenvalue weighted by Crippen LogP contribution is -2.20. The molecular weight excluding hydrogens is 252 g/mol. The molecule has 0 spiro atoms. The summed E-state index contributed by atoms with van der Waals surface area (Å²) >= 11 is 0. The lowest BCUT2D eigenvalue weighted by molar-refractivity contribution is 0.0751. The Morgan fingerprint density at radius 3 is 2.90 bits per heavy atom. The van der Waals surface area contributed by atoms with Gasteiger partial charge in [0.05, 0.1) is 24.9 Å². The first kappa shape index (κ1) is 13.5. The SMILES string of the molecule is C=C1C=CCC(OCC2CC3C=CC2O3)=C1OC(C)C. The number of allylic oxidation sites excluding steroid dienone is 2. The van der Waals surface area contributed by atoms with Crippen LogP contribution in [0.15, 0.2) is 48.0 Å². The molecular formula is C17H22O3. The van der Waals surface area contributed by atoms with Crippen molar-refractivity contribution < 1.29 is 14.2 Å². The summed E-state index contributed by atoms with van der Waals surface area (Å²) in [6, 6.07) is 0. The van der Waals surface area contributed by atoms with Crippen LogP contribution in [0.1, 0.15) is 26.7 Å². The summed E-state index contributed by atoms with van der Waals surface area (Å²) in [4.78, 5) is 0. The van der Waals surface area contributed by atoms with Crippen LogP contribution in [0.3, 0.4) is 0 Å². The quantitative estimate of drug-likeness (QED) is 0.718. The van der Waals surface area contributed by atoms with Crippen LogP contribution in [0.4, 0.5) is 0 Å². The van der Waals surface area contributed by atoms with Gasteiger partial charge >= 0.3 is 0 Å². The lowest BCUT2D eigenvalue weighted by Gasteiger charge is -2.23. The Bertz CT molecular complexity index is 484. The minimum atomic E-state index is 0.126. The molecule has 1 aliphatic carbocycles. The molecule has 0 amide bonds. The Morgan fingerprint density at radius 2 is 2.25 bits per heavy atom. The van der Waals surface area contributed by atoms with Crippen molar-refractivity contribution in [2.75, 3.05) is 6.61 Å². The van der Waals surface area contributed by atoms with Crippen molar-refractivity contribution in [2.45, 2.75) is 45.0 Å². The standard InChI is InChI=1S/C17H22O3/c1-11(2)19-17-12(3)5-4-6-16(17)18-10-13-9-14-7-8-15(13)20-14/h4-5,7-8,11,13-15H,3,6,9-10H2,1-2H3. The molecule has 0 radical (unpaired) electrons. The highest BCUT2D eigenvalue weighted by atomic mass is 16.5. The second-order valence-electron chi connectivity index (χ2n) is 5.88. The average Bonchev–Trinajstić information content (AvgIpc) is 3.01. The first-order valence-corrected chi connectivity index (χ1v) is 7.35. The maximum atomic E-state index is 6.03. The van der Waals surface area contributed by atoms with E-state index >= 15 is 0 Å². The normalized spacial score (nSPS) is 31.6. The van der Waals surface area contributed by atoms with Crippen molar-refractivity contribution in [1.29, 1.82) is 0 Å². The summed E-state index contributed by atoms with van der Waals surface area (Å²) in [5, 5.41) is 0. The average molecular weight is 274 g/mol. The van der Waals surface area contributed by atoms with Crippen LogP contribution in [-0.2, 0) is 14.2 Å². The number of ether oxygens (including phenoxy) is 3. The fraction of sp³-hybridized carbons (Fsp3) is 0.529. The van der Waals surface area contributed by atoms with Gasteiger partial charge in [-0.25, -0.2) is 0 Å². The van der Waals surface area contributed by atoms with Crippen LogP contribution in [0.25, 0.3) is 0 Å². The van der Waals surface area contributed by atoms with Crippen LogP contribution in [-0.4, -0.2) is 24.9 Å². The summed E-state index contributed by atoms with van der Waals surface area (Å²) in [6.45, 7) is 8.76. The monoisotopic (exact) mass is 274 g/mol. The molecule has 0 aromatic carbocycles. The highest BCUT2D eigenvalue weighted by Gasteiger charge is 2.37. The number of hydrogen-bond acceptors (Lipinski definition) is 3. The zero-order valence-electron chi connectivity index (χ0n) is 12.2. The van der Waals surface area contributed by atoms with E-state index in [1.54, 1.807) is 0 Å². The van der Waals surface area contributed by atoms with E-state index in [0.717, 1.165) is 29.9 Å². The Labute approximate surface area is 120 Å². The second-order valence-corrected chi connectivity index (χ2v) is 5.88. The molecule has 3 aliphatic rings. The van der Waals surface area contributed by atoms with Gasteiger partial charge in [-0.15, -0.1) is 0 Å². The molecule has 1 fully saturated rings. The highest BCUT2D eigenvalue weighted by Crippen LogP contribution is 2.35. The van der Waals surface area contributed by atoms with E-state index in [4.69, 9.17) is 14.2 Å². The molecule has 0 saturated carbocycles. The minimum absolute atomic E-state index is 0.126.